The molecule has 0 fully saturated rings. The summed E-state index contributed by atoms with van der Waals surface area (Å²) < 4.78 is 0.356. The van der Waals surface area contributed by atoms with Crippen molar-refractivity contribution in [3.8, 4) is 0 Å². The van der Waals surface area contributed by atoms with Gasteiger partial charge in [-0.3, -0.25) is 0 Å². The Hall–Kier alpha value is 0.423. The number of hydrogen-bond donors (Lipinski definition) is 0. The molecule has 3 heteroatoms. The molecule has 0 aromatic heterocycles. The summed E-state index contributed by atoms with van der Waals surface area (Å²) >= 11 is -2.29. The van der Waals surface area contributed by atoms with Crippen LogP contribution >= 0.6 is 17.0 Å². The van der Waals surface area contributed by atoms with Gasteiger partial charge in [0.25, 0.3) is 0 Å². The molecule has 0 saturated heterocycles. The van der Waals surface area contributed by atoms with Gasteiger partial charge in [0.05, 0.1) is 0 Å². The minimum atomic E-state index is -2.29. The summed E-state index contributed by atoms with van der Waals surface area (Å²) in [5.41, 5.74) is 6.91. The molecule has 0 spiro atoms. The number of halogens is 2. The van der Waals surface area contributed by atoms with Crippen molar-refractivity contribution in [3.63, 3.8) is 0 Å². The number of fused-ring (bicyclic) bond motifs is 1. The van der Waals surface area contributed by atoms with Crippen molar-refractivity contribution in [2.75, 3.05) is 0 Å². The van der Waals surface area contributed by atoms with Crippen LogP contribution in [0.1, 0.15) is 52.6 Å². The molecule has 0 bridgehead atoms. The molecule has 1 aliphatic rings. The first kappa shape index (κ1) is 13.8. The van der Waals surface area contributed by atoms with E-state index < -0.39 is 19.4 Å². The molecule has 2 rings (SSSR count). The van der Waals surface area contributed by atoms with Gasteiger partial charge >= 0.3 is 120 Å². The average Bonchev–Trinajstić information content (AvgIpc) is 2.55. The van der Waals surface area contributed by atoms with Gasteiger partial charge < -0.3 is 0 Å². The van der Waals surface area contributed by atoms with Gasteiger partial charge in [-0.2, -0.15) is 0 Å². The quantitative estimate of drug-likeness (QED) is 0.662. The Kier molecular flexibility index (Phi) is 4.23. The Morgan fingerprint density at radius 3 is 2.35 bits per heavy atom. The number of allylic oxidation sites excluding steroid dienone is 1. The van der Waals surface area contributed by atoms with E-state index >= 15 is 0 Å². The second-order valence-corrected chi connectivity index (χ2v) is 13.9. The van der Waals surface area contributed by atoms with Crippen LogP contribution in [0.25, 0.3) is 6.08 Å². The fourth-order valence-electron chi connectivity index (χ4n) is 2.63. The normalized spacial score (nSPS) is 18.3. The molecule has 1 aromatic rings. The van der Waals surface area contributed by atoms with Crippen LogP contribution in [0.4, 0.5) is 0 Å². The van der Waals surface area contributed by atoms with Crippen molar-refractivity contribution in [3.05, 3.63) is 40.0 Å². The van der Waals surface area contributed by atoms with Crippen LogP contribution in [0, 0.1) is 6.92 Å². The molecule has 0 amide bonds. The minimum absolute atomic E-state index is 0.356. The Bertz CT molecular complexity index is 475. The summed E-state index contributed by atoms with van der Waals surface area (Å²) in [5, 5.41) is 0. The summed E-state index contributed by atoms with van der Waals surface area (Å²) in [6, 6.07) is 4.46. The molecular formula is C14H17Cl2Zr. The molecule has 0 heterocycles. The van der Waals surface area contributed by atoms with E-state index in [2.05, 4.69) is 45.9 Å². The molecule has 17 heavy (non-hydrogen) atoms. The molecule has 0 aliphatic heterocycles. The predicted octanol–water partition coefficient (Wildman–Crippen LogP) is 5.50. The van der Waals surface area contributed by atoms with E-state index in [0.717, 1.165) is 0 Å². The van der Waals surface area contributed by atoms with Crippen LogP contribution in [0.15, 0.2) is 17.7 Å². The van der Waals surface area contributed by atoms with Crippen molar-refractivity contribution in [2.24, 2.45) is 0 Å². The predicted molar refractivity (Wildman–Crippen MR) is 73.4 cm³/mol. The fourth-order valence-corrected chi connectivity index (χ4v) is 8.49. The van der Waals surface area contributed by atoms with Crippen molar-refractivity contribution in [1.82, 2.24) is 0 Å². The molecule has 1 aromatic carbocycles. The Morgan fingerprint density at radius 1 is 1.18 bits per heavy atom. The van der Waals surface area contributed by atoms with Gasteiger partial charge in [0.2, 0.25) is 0 Å². The third-order valence-electron chi connectivity index (χ3n) is 3.50. The maximum absolute atomic E-state index is 6.33. The van der Waals surface area contributed by atoms with Crippen LogP contribution in [0.5, 0.6) is 0 Å². The Balaban J connectivity index is 2.64. The van der Waals surface area contributed by atoms with Crippen LogP contribution in [0.3, 0.4) is 0 Å². The number of benzene rings is 1. The third kappa shape index (κ3) is 2.44. The second-order valence-electron chi connectivity index (χ2n) is 5.06. The maximum atomic E-state index is 6.33. The first-order chi connectivity index (χ1) is 7.93. The molecule has 1 atom stereocenters. The second kappa shape index (κ2) is 5.19. The summed E-state index contributed by atoms with van der Waals surface area (Å²) in [4.78, 5) is 0. The Labute approximate surface area is 119 Å². The molecule has 0 radical (unpaired) electrons. The fraction of sp³-hybridized carbons (Fsp3) is 0.429. The van der Waals surface area contributed by atoms with Crippen LogP contribution in [-0.2, 0) is 19.4 Å². The molecule has 1 unspecified atom stereocenters. The van der Waals surface area contributed by atoms with Gasteiger partial charge in [0.15, 0.2) is 0 Å². The van der Waals surface area contributed by atoms with Crippen LogP contribution < -0.4 is 0 Å². The van der Waals surface area contributed by atoms with E-state index in [9.17, 15) is 0 Å². The molecule has 1 aliphatic carbocycles. The van der Waals surface area contributed by atoms with E-state index in [0.29, 0.717) is 9.54 Å². The van der Waals surface area contributed by atoms with Crippen LogP contribution in [0.2, 0.25) is 0 Å². The van der Waals surface area contributed by atoms with E-state index in [-0.39, 0.29) is 0 Å². The van der Waals surface area contributed by atoms with Crippen molar-refractivity contribution in [1.29, 1.82) is 0 Å². The number of hydrogen-bond acceptors (Lipinski definition) is 0. The SMILES string of the molecule is CC1=Cc2c(C(C)C)ccc(C)c2[CH]1[Zr]([Cl])[Cl]. The monoisotopic (exact) mass is 345 g/mol. The average molecular weight is 347 g/mol. The van der Waals surface area contributed by atoms with Crippen LogP contribution in [-0.4, -0.2) is 0 Å². The summed E-state index contributed by atoms with van der Waals surface area (Å²) in [6.07, 6.45) is 2.30. The van der Waals surface area contributed by atoms with Crippen molar-refractivity contribution in [2.45, 2.75) is 37.2 Å². The summed E-state index contributed by atoms with van der Waals surface area (Å²) in [5.74, 6) is 0.546. The standard InChI is InChI=1S/C14H17.2ClH.Zr/c1-9(2)12-6-5-11(4)13-7-10(3)8-14(12)13;;;/h5-9H,1-4H3;2*1H;/q;;;+2/p-2. The molecular weight excluding hydrogens is 330 g/mol. The zero-order valence-corrected chi connectivity index (χ0v) is 14.6. The van der Waals surface area contributed by atoms with E-state index in [1.807, 2.05) is 0 Å². The molecule has 0 N–H and O–H groups in total. The van der Waals surface area contributed by atoms with Crippen molar-refractivity contribution >= 4 is 23.1 Å². The Morgan fingerprint density at radius 2 is 1.82 bits per heavy atom. The molecule has 0 saturated carbocycles. The first-order valence-corrected chi connectivity index (χ1v) is 13.7. The molecule has 0 nitrogen and oxygen atoms in total. The van der Waals surface area contributed by atoms with Gasteiger partial charge in [0.1, 0.15) is 0 Å². The zero-order valence-electron chi connectivity index (χ0n) is 10.6. The van der Waals surface area contributed by atoms with Gasteiger partial charge in [-0.05, 0) is 0 Å². The number of aryl methyl sites for hydroxylation is 1. The number of rotatable bonds is 2. The van der Waals surface area contributed by atoms with Gasteiger partial charge in [-0.25, -0.2) is 0 Å². The van der Waals surface area contributed by atoms with E-state index in [1.54, 1.807) is 0 Å². The topological polar surface area (TPSA) is 0 Å². The van der Waals surface area contributed by atoms with E-state index in [4.69, 9.17) is 17.0 Å². The molecule has 91 valence electrons. The summed E-state index contributed by atoms with van der Waals surface area (Å²) in [6.45, 7) is 8.81. The van der Waals surface area contributed by atoms with Gasteiger partial charge in [-0.1, -0.05) is 0 Å². The summed E-state index contributed by atoms with van der Waals surface area (Å²) in [7, 11) is 12.7. The van der Waals surface area contributed by atoms with Gasteiger partial charge in [0, 0.05) is 0 Å². The van der Waals surface area contributed by atoms with Gasteiger partial charge in [-0.15, -0.1) is 0 Å². The third-order valence-corrected chi connectivity index (χ3v) is 8.98. The zero-order chi connectivity index (χ0) is 12.7. The van der Waals surface area contributed by atoms with E-state index in [1.165, 1.54) is 27.8 Å². The van der Waals surface area contributed by atoms with Crippen molar-refractivity contribution < 1.29 is 19.4 Å². The first-order valence-electron chi connectivity index (χ1n) is 5.93.